The zero-order chi connectivity index (χ0) is 12.1. The van der Waals surface area contributed by atoms with Crippen LogP contribution in [0.15, 0.2) is 12.1 Å². The number of carboxylic acid groups (broad SMARTS) is 1. The molecule has 7 heteroatoms. The summed E-state index contributed by atoms with van der Waals surface area (Å²) in [5, 5.41) is 10.9. The highest BCUT2D eigenvalue weighted by Crippen LogP contribution is 2.21. The Hall–Kier alpha value is -1.11. The van der Waals surface area contributed by atoms with Crippen molar-refractivity contribution in [2.24, 2.45) is 0 Å². The van der Waals surface area contributed by atoms with Crippen LogP contribution in [0.5, 0.6) is 0 Å². The number of carbonyl (C=O) groups excluding carboxylic acids is 1. The second-order valence-electron chi connectivity index (χ2n) is 2.90. The van der Waals surface area contributed by atoms with Crippen molar-refractivity contribution in [3.8, 4) is 0 Å². The van der Waals surface area contributed by atoms with Crippen molar-refractivity contribution in [3.63, 3.8) is 0 Å². The third kappa shape index (κ3) is 3.80. The molecular weight excluding hydrogens is 254 g/mol. The third-order valence-electron chi connectivity index (χ3n) is 1.72. The Bertz CT molecular complexity index is 393. The van der Waals surface area contributed by atoms with Gasteiger partial charge in [-0.25, -0.2) is 4.79 Å². The average molecular weight is 264 g/mol. The standard InChI is InChI=1S/C9H10ClNO4S/c1-15-8(9(13)14)11-7(12)4-5-2-3-6(10)16-5/h2-3,8H,4H2,1H3,(H,11,12)(H,13,14). The molecule has 2 N–H and O–H groups in total. The van der Waals surface area contributed by atoms with Crippen LogP contribution in [0.2, 0.25) is 4.34 Å². The normalized spacial score (nSPS) is 12.1. The van der Waals surface area contributed by atoms with E-state index >= 15 is 0 Å². The third-order valence-corrected chi connectivity index (χ3v) is 2.95. The first-order chi connectivity index (χ1) is 7.52. The van der Waals surface area contributed by atoms with E-state index in [0.717, 1.165) is 4.88 Å². The molecule has 1 aromatic rings. The zero-order valence-corrected chi connectivity index (χ0v) is 9.97. The SMILES string of the molecule is COC(NC(=O)Cc1ccc(Cl)s1)C(=O)O. The van der Waals surface area contributed by atoms with Crippen molar-refractivity contribution < 1.29 is 19.4 Å². The van der Waals surface area contributed by atoms with Crippen LogP contribution in [0, 0.1) is 0 Å². The van der Waals surface area contributed by atoms with E-state index in [-0.39, 0.29) is 6.42 Å². The summed E-state index contributed by atoms with van der Waals surface area (Å²) < 4.78 is 5.16. The first-order valence-electron chi connectivity index (χ1n) is 4.32. The van der Waals surface area contributed by atoms with E-state index in [4.69, 9.17) is 16.7 Å². The van der Waals surface area contributed by atoms with Gasteiger partial charge in [0.15, 0.2) is 0 Å². The molecule has 0 aliphatic carbocycles. The fourth-order valence-corrected chi connectivity index (χ4v) is 2.11. The number of thiophene rings is 1. The molecule has 0 radical (unpaired) electrons. The summed E-state index contributed by atoms with van der Waals surface area (Å²) in [5.74, 6) is -1.66. The lowest BCUT2D eigenvalue weighted by Crippen LogP contribution is -2.42. The number of aliphatic carboxylic acids is 1. The maximum absolute atomic E-state index is 11.4. The zero-order valence-electron chi connectivity index (χ0n) is 8.40. The van der Waals surface area contributed by atoms with Crippen LogP contribution in [-0.4, -0.2) is 30.3 Å². The summed E-state index contributed by atoms with van der Waals surface area (Å²) in [4.78, 5) is 22.7. The Balaban J connectivity index is 2.50. The Morgan fingerprint density at radius 1 is 1.62 bits per heavy atom. The molecule has 16 heavy (non-hydrogen) atoms. The number of halogens is 1. The van der Waals surface area contributed by atoms with Gasteiger partial charge in [-0.2, -0.15) is 0 Å². The van der Waals surface area contributed by atoms with Crippen molar-refractivity contribution in [2.45, 2.75) is 12.6 Å². The summed E-state index contributed by atoms with van der Waals surface area (Å²) in [6.07, 6.45) is -1.23. The van der Waals surface area contributed by atoms with Crippen LogP contribution >= 0.6 is 22.9 Å². The van der Waals surface area contributed by atoms with Gasteiger partial charge < -0.3 is 15.2 Å². The van der Waals surface area contributed by atoms with Gasteiger partial charge in [0.05, 0.1) is 10.8 Å². The van der Waals surface area contributed by atoms with E-state index in [1.165, 1.54) is 18.4 Å². The van der Waals surface area contributed by atoms with Crippen molar-refractivity contribution >= 4 is 34.8 Å². The van der Waals surface area contributed by atoms with E-state index in [0.29, 0.717) is 4.34 Å². The predicted molar refractivity (Wildman–Crippen MR) is 59.6 cm³/mol. The molecule has 0 aliphatic heterocycles. The van der Waals surface area contributed by atoms with E-state index in [9.17, 15) is 9.59 Å². The van der Waals surface area contributed by atoms with Gasteiger partial charge in [-0.15, -0.1) is 11.3 Å². The molecule has 1 heterocycles. The largest absolute Gasteiger partial charge is 0.478 e. The molecule has 0 bridgehead atoms. The molecule has 0 aliphatic rings. The van der Waals surface area contributed by atoms with Crippen LogP contribution in [0.4, 0.5) is 0 Å². The number of nitrogens with one attached hydrogen (secondary N) is 1. The summed E-state index contributed by atoms with van der Waals surface area (Å²) in [6.45, 7) is 0. The van der Waals surface area contributed by atoms with Crippen molar-refractivity contribution in [2.75, 3.05) is 7.11 Å². The Kier molecular flexibility index (Phi) is 4.72. The van der Waals surface area contributed by atoms with Gasteiger partial charge in [0.2, 0.25) is 12.1 Å². The van der Waals surface area contributed by atoms with Crippen LogP contribution in [-0.2, 0) is 20.7 Å². The fourth-order valence-electron chi connectivity index (χ4n) is 1.02. The van der Waals surface area contributed by atoms with E-state index in [1.807, 2.05) is 0 Å². The molecule has 88 valence electrons. The minimum atomic E-state index is -1.32. The lowest BCUT2D eigenvalue weighted by molar-refractivity contribution is -0.153. The summed E-state index contributed by atoms with van der Waals surface area (Å²) in [6, 6.07) is 3.40. The molecule has 0 aromatic carbocycles. The fraction of sp³-hybridized carbons (Fsp3) is 0.333. The van der Waals surface area contributed by atoms with Gasteiger partial charge >= 0.3 is 5.97 Å². The van der Waals surface area contributed by atoms with Crippen molar-refractivity contribution in [1.82, 2.24) is 5.32 Å². The maximum atomic E-state index is 11.4. The van der Waals surface area contributed by atoms with Gasteiger partial charge in [0.1, 0.15) is 0 Å². The molecule has 1 aromatic heterocycles. The number of hydrogen-bond acceptors (Lipinski definition) is 4. The lowest BCUT2D eigenvalue weighted by Gasteiger charge is -2.11. The minimum absolute atomic E-state index is 0.0878. The highest BCUT2D eigenvalue weighted by atomic mass is 35.5. The van der Waals surface area contributed by atoms with E-state index in [1.54, 1.807) is 12.1 Å². The molecule has 0 fully saturated rings. The quantitative estimate of drug-likeness (QED) is 0.781. The van der Waals surface area contributed by atoms with Crippen LogP contribution in [0.1, 0.15) is 4.88 Å². The second-order valence-corrected chi connectivity index (χ2v) is 4.70. The smallest absolute Gasteiger partial charge is 0.354 e. The van der Waals surface area contributed by atoms with Crippen molar-refractivity contribution in [3.05, 3.63) is 21.3 Å². The summed E-state index contributed by atoms with van der Waals surface area (Å²) >= 11 is 6.97. The summed E-state index contributed by atoms with van der Waals surface area (Å²) in [7, 11) is 1.21. The van der Waals surface area contributed by atoms with Gasteiger partial charge in [0.25, 0.3) is 0 Å². The molecule has 0 saturated heterocycles. The second kappa shape index (κ2) is 5.83. The average Bonchev–Trinajstić information content (AvgIpc) is 2.60. The van der Waals surface area contributed by atoms with Crippen molar-refractivity contribution in [1.29, 1.82) is 0 Å². The number of amides is 1. The Morgan fingerprint density at radius 2 is 2.31 bits per heavy atom. The number of carbonyl (C=O) groups is 2. The monoisotopic (exact) mass is 263 g/mol. The lowest BCUT2D eigenvalue weighted by atomic mass is 10.3. The highest BCUT2D eigenvalue weighted by molar-refractivity contribution is 7.16. The highest BCUT2D eigenvalue weighted by Gasteiger charge is 2.19. The van der Waals surface area contributed by atoms with E-state index in [2.05, 4.69) is 10.1 Å². The maximum Gasteiger partial charge on any atom is 0.354 e. The Labute approximate surface area is 101 Å². The first-order valence-corrected chi connectivity index (χ1v) is 5.51. The minimum Gasteiger partial charge on any atom is -0.478 e. The van der Waals surface area contributed by atoms with Crippen LogP contribution < -0.4 is 5.32 Å². The van der Waals surface area contributed by atoms with Gasteiger partial charge in [0, 0.05) is 12.0 Å². The van der Waals surface area contributed by atoms with Crippen LogP contribution in [0.25, 0.3) is 0 Å². The predicted octanol–water partition coefficient (Wildman–Crippen LogP) is 1.12. The molecule has 0 saturated carbocycles. The molecule has 1 amide bonds. The van der Waals surface area contributed by atoms with Gasteiger partial charge in [-0.05, 0) is 12.1 Å². The number of hydrogen-bond donors (Lipinski definition) is 2. The van der Waals surface area contributed by atoms with E-state index < -0.39 is 18.1 Å². The van der Waals surface area contributed by atoms with Gasteiger partial charge in [-0.3, -0.25) is 4.79 Å². The number of methoxy groups -OCH3 is 1. The topological polar surface area (TPSA) is 75.6 Å². The molecule has 1 rings (SSSR count). The number of rotatable bonds is 5. The molecule has 5 nitrogen and oxygen atoms in total. The molecule has 1 unspecified atom stereocenters. The first kappa shape index (κ1) is 13.0. The van der Waals surface area contributed by atoms with Crippen LogP contribution in [0.3, 0.4) is 0 Å². The molecule has 0 spiro atoms. The molecular formula is C9H10ClNO4S. The summed E-state index contributed by atoms with van der Waals surface area (Å²) in [5.41, 5.74) is 0. The Morgan fingerprint density at radius 3 is 2.75 bits per heavy atom. The number of carboxylic acids is 1. The van der Waals surface area contributed by atoms with Gasteiger partial charge in [-0.1, -0.05) is 11.6 Å². The molecule has 1 atom stereocenters. The number of ether oxygens (including phenoxy) is 1.